The van der Waals surface area contributed by atoms with Crippen molar-refractivity contribution in [2.45, 2.75) is 40.0 Å². The molecule has 1 heterocycles. The average molecular weight is 361 g/mol. The molecule has 0 saturated carbocycles. The number of hydrogen-bond acceptors (Lipinski definition) is 5. The van der Waals surface area contributed by atoms with Gasteiger partial charge < -0.3 is 4.74 Å². The molecule has 134 valence electrons. The van der Waals surface area contributed by atoms with E-state index >= 15 is 0 Å². The van der Waals surface area contributed by atoms with Crippen LogP contribution in [0.2, 0.25) is 0 Å². The molecule has 0 radical (unpaired) electrons. The first-order chi connectivity index (χ1) is 12.0. The number of hydrogen-bond donors (Lipinski definition) is 0. The summed E-state index contributed by atoms with van der Waals surface area (Å²) in [5.41, 5.74) is 3.37. The Balaban J connectivity index is 2.17. The molecule has 2 aromatic carbocycles. The van der Waals surface area contributed by atoms with E-state index in [4.69, 9.17) is 9.02 Å². The molecule has 0 spiro atoms. The number of fused-ring (bicyclic) bond motifs is 2. The van der Waals surface area contributed by atoms with Crippen LogP contribution in [0, 0.1) is 0 Å². The zero-order chi connectivity index (χ0) is 18.0. The molecular weight excluding hydrogens is 338 g/mol. The van der Waals surface area contributed by atoms with E-state index in [1.807, 2.05) is 31.2 Å². The van der Waals surface area contributed by atoms with Crippen LogP contribution in [0.4, 0.5) is 11.4 Å². The van der Waals surface area contributed by atoms with Gasteiger partial charge in [0.05, 0.1) is 5.75 Å². The molecule has 1 aliphatic rings. The first-order valence-corrected chi connectivity index (χ1v) is 10.2. The largest absolute Gasteiger partial charge is 0.452 e. The maximum Gasteiger partial charge on any atom is 0.288 e. The van der Waals surface area contributed by atoms with Gasteiger partial charge in [0.15, 0.2) is 11.5 Å². The molecule has 0 unspecified atom stereocenters. The molecule has 25 heavy (non-hydrogen) atoms. The van der Waals surface area contributed by atoms with E-state index < -0.39 is 10.1 Å². The second-order valence-electron chi connectivity index (χ2n) is 6.01. The Labute approximate surface area is 149 Å². The van der Waals surface area contributed by atoms with Crippen molar-refractivity contribution in [3.05, 3.63) is 47.5 Å². The molecule has 0 aromatic heterocycles. The molecule has 0 saturated heterocycles. The second-order valence-corrected chi connectivity index (χ2v) is 7.68. The zero-order valence-electron chi connectivity index (χ0n) is 14.8. The predicted molar refractivity (Wildman–Crippen MR) is 99.0 cm³/mol. The van der Waals surface area contributed by atoms with E-state index in [0.717, 1.165) is 24.0 Å². The van der Waals surface area contributed by atoms with Crippen LogP contribution in [0.15, 0.2) is 36.4 Å². The zero-order valence-corrected chi connectivity index (χ0v) is 15.6. The van der Waals surface area contributed by atoms with E-state index in [1.54, 1.807) is 6.07 Å². The van der Waals surface area contributed by atoms with E-state index in [-0.39, 0.29) is 5.75 Å². The van der Waals surface area contributed by atoms with Crippen LogP contribution in [0.3, 0.4) is 0 Å². The van der Waals surface area contributed by atoms with Crippen LogP contribution in [0.25, 0.3) is 0 Å². The van der Waals surface area contributed by atoms with Gasteiger partial charge in [0.2, 0.25) is 0 Å². The van der Waals surface area contributed by atoms with Crippen LogP contribution in [-0.2, 0) is 27.2 Å². The molecule has 0 fully saturated rings. The molecule has 1 aliphatic heterocycles. The number of aryl methyl sites for hydroxylation is 2. The lowest BCUT2D eigenvalue weighted by molar-refractivity contribution is 0.307. The fourth-order valence-electron chi connectivity index (χ4n) is 2.90. The summed E-state index contributed by atoms with van der Waals surface area (Å²) in [4.78, 5) is 0. The number of nitrogens with zero attached hydrogens (tertiary/aromatic N) is 1. The summed E-state index contributed by atoms with van der Waals surface area (Å²) in [5.74, 6) is 1.21. The van der Waals surface area contributed by atoms with Crippen LogP contribution >= 0.6 is 0 Å². The van der Waals surface area contributed by atoms with Crippen molar-refractivity contribution in [3.63, 3.8) is 0 Å². The molecule has 3 rings (SSSR count). The monoisotopic (exact) mass is 361 g/mol. The van der Waals surface area contributed by atoms with Crippen molar-refractivity contribution < 1.29 is 17.4 Å². The molecule has 0 bridgehead atoms. The van der Waals surface area contributed by atoms with Crippen LogP contribution in [0.5, 0.6) is 11.5 Å². The lowest BCUT2D eigenvalue weighted by Crippen LogP contribution is -2.27. The fourth-order valence-corrected chi connectivity index (χ4v) is 3.87. The Morgan fingerprint density at radius 2 is 1.80 bits per heavy atom. The Bertz CT molecular complexity index is 877. The van der Waals surface area contributed by atoms with Gasteiger partial charge >= 0.3 is 0 Å². The number of rotatable bonds is 6. The van der Waals surface area contributed by atoms with Crippen molar-refractivity contribution in [1.82, 2.24) is 0 Å². The molecule has 0 atom stereocenters. The molecule has 2 aromatic rings. The first kappa shape index (κ1) is 17.8. The number of anilines is 2. The second kappa shape index (κ2) is 7.06. The van der Waals surface area contributed by atoms with Crippen LogP contribution in [-0.4, -0.2) is 14.2 Å². The van der Waals surface area contributed by atoms with Crippen molar-refractivity contribution in [3.8, 4) is 11.5 Å². The number of ether oxygens (including phenoxy) is 1. The Kier molecular flexibility index (Phi) is 5.01. The SMILES string of the molecule is CCCS(=O)(=O)ON1c2ccccc2Oc2c(CC)cc(CC)cc21. The lowest BCUT2D eigenvalue weighted by atomic mass is 10.0. The van der Waals surface area contributed by atoms with Crippen molar-refractivity contribution in [1.29, 1.82) is 0 Å². The highest BCUT2D eigenvalue weighted by Crippen LogP contribution is 2.49. The molecule has 6 heteroatoms. The van der Waals surface area contributed by atoms with Crippen LogP contribution < -0.4 is 9.80 Å². The summed E-state index contributed by atoms with van der Waals surface area (Å²) in [6.07, 6.45) is 2.13. The topological polar surface area (TPSA) is 55.8 Å². The molecule has 5 nitrogen and oxygen atoms in total. The highest BCUT2D eigenvalue weighted by atomic mass is 32.2. The third-order valence-corrected chi connectivity index (χ3v) is 5.44. The normalized spacial score (nSPS) is 13.2. The van der Waals surface area contributed by atoms with E-state index in [2.05, 4.69) is 19.9 Å². The van der Waals surface area contributed by atoms with Gasteiger partial charge in [-0.05, 0) is 48.6 Å². The quantitative estimate of drug-likeness (QED) is 0.745. The highest BCUT2D eigenvalue weighted by Gasteiger charge is 2.31. The van der Waals surface area contributed by atoms with Crippen molar-refractivity contribution >= 4 is 21.5 Å². The van der Waals surface area contributed by atoms with Gasteiger partial charge in [-0.2, -0.15) is 13.5 Å². The van der Waals surface area contributed by atoms with Crippen molar-refractivity contribution in [2.75, 3.05) is 10.8 Å². The third-order valence-electron chi connectivity index (χ3n) is 4.15. The van der Waals surface area contributed by atoms with E-state index in [9.17, 15) is 8.42 Å². The Hall–Kier alpha value is -2.05. The minimum absolute atomic E-state index is 0.0318. The summed E-state index contributed by atoms with van der Waals surface area (Å²) in [6.45, 7) is 5.93. The average Bonchev–Trinajstić information content (AvgIpc) is 2.60. The van der Waals surface area contributed by atoms with Gasteiger partial charge in [0.1, 0.15) is 11.4 Å². The summed E-state index contributed by atoms with van der Waals surface area (Å²) in [6, 6.07) is 11.3. The smallest absolute Gasteiger partial charge is 0.288 e. The van der Waals surface area contributed by atoms with Gasteiger partial charge in [-0.3, -0.25) is 0 Å². The van der Waals surface area contributed by atoms with Crippen LogP contribution in [0.1, 0.15) is 38.3 Å². The highest BCUT2D eigenvalue weighted by molar-refractivity contribution is 7.86. The molecule has 0 N–H and O–H groups in total. The van der Waals surface area contributed by atoms with Gasteiger partial charge in [-0.15, -0.1) is 4.28 Å². The van der Waals surface area contributed by atoms with Crippen molar-refractivity contribution in [2.24, 2.45) is 0 Å². The third kappa shape index (κ3) is 3.50. The summed E-state index contributed by atoms with van der Waals surface area (Å²) in [7, 11) is -3.69. The van der Waals surface area contributed by atoms with Gasteiger partial charge in [0.25, 0.3) is 10.1 Å². The predicted octanol–water partition coefficient (Wildman–Crippen LogP) is 4.73. The Morgan fingerprint density at radius 1 is 1.04 bits per heavy atom. The maximum atomic E-state index is 12.3. The van der Waals surface area contributed by atoms with E-state index in [0.29, 0.717) is 29.3 Å². The maximum absolute atomic E-state index is 12.3. The molecular formula is C19H23NO4S. The minimum atomic E-state index is -3.69. The number of para-hydroxylation sites is 2. The van der Waals surface area contributed by atoms with Gasteiger partial charge in [-0.25, -0.2) is 0 Å². The summed E-state index contributed by atoms with van der Waals surface area (Å²) >= 11 is 0. The summed E-state index contributed by atoms with van der Waals surface area (Å²) < 4.78 is 36.2. The lowest BCUT2D eigenvalue weighted by Gasteiger charge is -2.32. The number of benzene rings is 2. The summed E-state index contributed by atoms with van der Waals surface area (Å²) in [5, 5.41) is 1.40. The van der Waals surface area contributed by atoms with Gasteiger partial charge in [0, 0.05) is 0 Å². The Morgan fingerprint density at radius 3 is 2.48 bits per heavy atom. The molecule has 0 amide bonds. The molecule has 0 aliphatic carbocycles. The first-order valence-electron chi connectivity index (χ1n) is 8.64. The minimum Gasteiger partial charge on any atom is -0.452 e. The fraction of sp³-hybridized carbons (Fsp3) is 0.368. The van der Waals surface area contributed by atoms with E-state index in [1.165, 1.54) is 5.06 Å². The van der Waals surface area contributed by atoms with Gasteiger partial charge in [-0.1, -0.05) is 39.0 Å². The standard InChI is InChI=1S/C19H23NO4S/c1-4-11-25(21,22)24-20-16-9-7-8-10-18(16)23-19-15(6-3)12-14(5-2)13-17(19)20/h7-10,12-13H,4-6,11H2,1-3H3.